The number of nitrogens with zero attached hydrogens (tertiary/aromatic N) is 1. The average Bonchev–Trinajstić information content (AvgIpc) is 2.67. The molecule has 3 nitrogen and oxygen atoms in total. The molecule has 5 heteroatoms. The van der Waals surface area contributed by atoms with Crippen molar-refractivity contribution < 1.29 is 9.59 Å². The fourth-order valence-electron chi connectivity index (χ4n) is 1.40. The Balaban J connectivity index is 2.15. The smallest absolute Gasteiger partial charge is 0.229 e. The average molecular weight is 274 g/mol. The number of hydrogen-bond donors (Lipinski definition) is 0. The van der Waals surface area contributed by atoms with Gasteiger partial charge in [0.2, 0.25) is 11.8 Å². The molecule has 2 rings (SSSR count). The topological polar surface area (TPSA) is 37.4 Å². The number of halogens is 1. The molecule has 1 aromatic heterocycles. The summed E-state index contributed by atoms with van der Waals surface area (Å²) in [5.74, 6) is -0.124. The third-order valence-corrected chi connectivity index (χ3v) is 3.99. The van der Waals surface area contributed by atoms with Gasteiger partial charge in [0, 0.05) is 12.8 Å². The Hall–Kier alpha value is -0.680. The highest BCUT2D eigenvalue weighted by atomic mass is 79.9. The van der Waals surface area contributed by atoms with Crippen molar-refractivity contribution >= 4 is 39.1 Å². The molecule has 1 aliphatic rings. The Morgan fingerprint density at radius 1 is 1.36 bits per heavy atom. The second kappa shape index (κ2) is 3.82. The van der Waals surface area contributed by atoms with Crippen LogP contribution in [0, 0.1) is 0 Å². The first-order valence-electron chi connectivity index (χ1n) is 4.23. The lowest BCUT2D eigenvalue weighted by Crippen LogP contribution is -2.28. The number of imide groups is 1. The van der Waals surface area contributed by atoms with Crippen molar-refractivity contribution in [3.8, 4) is 0 Å². The molecule has 1 fully saturated rings. The minimum atomic E-state index is -0.0619. The van der Waals surface area contributed by atoms with E-state index in [-0.39, 0.29) is 11.8 Å². The molecule has 0 spiro atoms. The molecule has 14 heavy (non-hydrogen) atoms. The van der Waals surface area contributed by atoms with E-state index in [0.717, 1.165) is 9.35 Å². The predicted molar refractivity (Wildman–Crippen MR) is 56.8 cm³/mol. The van der Waals surface area contributed by atoms with E-state index in [2.05, 4.69) is 15.9 Å². The van der Waals surface area contributed by atoms with Crippen molar-refractivity contribution in [2.45, 2.75) is 19.4 Å². The Labute approximate surface area is 93.8 Å². The van der Waals surface area contributed by atoms with E-state index >= 15 is 0 Å². The van der Waals surface area contributed by atoms with E-state index in [1.165, 1.54) is 4.90 Å². The quantitative estimate of drug-likeness (QED) is 0.775. The number of thiophene rings is 1. The van der Waals surface area contributed by atoms with Crippen LogP contribution in [0.2, 0.25) is 0 Å². The zero-order chi connectivity index (χ0) is 10.1. The second-order valence-corrected chi connectivity index (χ2v) is 5.33. The largest absolute Gasteiger partial charge is 0.278 e. The molecule has 1 aliphatic heterocycles. The van der Waals surface area contributed by atoms with Gasteiger partial charge in [-0.15, -0.1) is 11.3 Å². The van der Waals surface area contributed by atoms with Crippen molar-refractivity contribution in [2.75, 3.05) is 0 Å². The Bertz CT molecular complexity index is 372. The zero-order valence-electron chi connectivity index (χ0n) is 7.33. The highest BCUT2D eigenvalue weighted by Gasteiger charge is 2.29. The maximum atomic E-state index is 11.3. The molecule has 0 atom stereocenters. The predicted octanol–water partition coefficient (Wildman–Crippen LogP) is 2.16. The minimum absolute atomic E-state index is 0.0619. The number of likely N-dealkylation sites (tertiary alicyclic amines) is 1. The summed E-state index contributed by atoms with van der Waals surface area (Å²) < 4.78 is 0.991. The van der Waals surface area contributed by atoms with Gasteiger partial charge in [0.25, 0.3) is 0 Å². The van der Waals surface area contributed by atoms with Crippen LogP contribution in [0.4, 0.5) is 0 Å². The Kier molecular flexibility index (Phi) is 2.69. The molecule has 74 valence electrons. The van der Waals surface area contributed by atoms with Gasteiger partial charge in [-0.2, -0.15) is 0 Å². The van der Waals surface area contributed by atoms with Crippen LogP contribution in [-0.4, -0.2) is 16.7 Å². The molecular weight excluding hydrogens is 266 g/mol. The van der Waals surface area contributed by atoms with Crippen LogP contribution in [0.25, 0.3) is 0 Å². The van der Waals surface area contributed by atoms with Gasteiger partial charge in [-0.1, -0.05) is 0 Å². The summed E-state index contributed by atoms with van der Waals surface area (Å²) in [5.41, 5.74) is 0.999. The lowest BCUT2D eigenvalue weighted by Gasteiger charge is -2.12. The minimum Gasteiger partial charge on any atom is -0.278 e. The van der Waals surface area contributed by atoms with Crippen LogP contribution < -0.4 is 0 Å². The molecule has 2 amide bonds. The van der Waals surface area contributed by atoms with Gasteiger partial charge >= 0.3 is 0 Å². The molecule has 1 aromatic rings. The van der Waals surface area contributed by atoms with Crippen molar-refractivity contribution in [3.05, 3.63) is 20.8 Å². The first-order valence-corrected chi connectivity index (χ1v) is 5.91. The standard InChI is InChI=1S/C9H8BrNO2S/c10-9-6(3-4-14-9)5-11-7(12)1-2-8(11)13/h3-4H,1-2,5H2. The summed E-state index contributed by atoms with van der Waals surface area (Å²) in [5, 5.41) is 1.93. The van der Waals surface area contributed by atoms with Crippen LogP contribution in [0.15, 0.2) is 15.2 Å². The van der Waals surface area contributed by atoms with Crippen LogP contribution in [0.5, 0.6) is 0 Å². The van der Waals surface area contributed by atoms with E-state index in [1.807, 2.05) is 11.4 Å². The van der Waals surface area contributed by atoms with Crippen LogP contribution in [-0.2, 0) is 16.1 Å². The molecule has 0 unspecified atom stereocenters. The fraction of sp³-hybridized carbons (Fsp3) is 0.333. The summed E-state index contributed by atoms with van der Waals surface area (Å²) in [6, 6.07) is 1.92. The fourth-order valence-corrected chi connectivity index (χ4v) is 2.62. The molecule has 0 radical (unpaired) electrons. The monoisotopic (exact) mass is 273 g/mol. The number of rotatable bonds is 2. The summed E-state index contributed by atoms with van der Waals surface area (Å²) in [6.45, 7) is 0.405. The molecule has 0 bridgehead atoms. The molecule has 0 aliphatic carbocycles. The van der Waals surface area contributed by atoms with Crippen molar-refractivity contribution in [2.24, 2.45) is 0 Å². The highest BCUT2D eigenvalue weighted by Crippen LogP contribution is 2.26. The van der Waals surface area contributed by atoms with Crippen molar-refractivity contribution in [1.29, 1.82) is 0 Å². The third-order valence-electron chi connectivity index (χ3n) is 2.18. The van der Waals surface area contributed by atoms with Gasteiger partial charge in [0.05, 0.1) is 10.3 Å². The zero-order valence-corrected chi connectivity index (χ0v) is 9.73. The summed E-state index contributed by atoms with van der Waals surface area (Å²) in [7, 11) is 0. The van der Waals surface area contributed by atoms with Gasteiger partial charge < -0.3 is 0 Å². The van der Waals surface area contributed by atoms with Gasteiger partial charge in [0.1, 0.15) is 0 Å². The van der Waals surface area contributed by atoms with E-state index in [9.17, 15) is 9.59 Å². The SMILES string of the molecule is O=C1CCC(=O)N1Cc1ccsc1Br. The summed E-state index contributed by atoms with van der Waals surface area (Å²) in [6.07, 6.45) is 0.723. The van der Waals surface area contributed by atoms with E-state index in [0.29, 0.717) is 19.4 Å². The molecule has 0 N–H and O–H groups in total. The Morgan fingerprint density at radius 3 is 2.50 bits per heavy atom. The van der Waals surface area contributed by atoms with E-state index in [1.54, 1.807) is 11.3 Å². The van der Waals surface area contributed by atoms with Gasteiger partial charge in [-0.3, -0.25) is 14.5 Å². The third kappa shape index (κ3) is 1.74. The van der Waals surface area contributed by atoms with Gasteiger partial charge in [-0.25, -0.2) is 0 Å². The number of carbonyl (C=O) groups excluding carboxylic acids is 2. The molecule has 0 saturated carbocycles. The van der Waals surface area contributed by atoms with Crippen molar-refractivity contribution in [3.63, 3.8) is 0 Å². The van der Waals surface area contributed by atoms with Crippen LogP contribution >= 0.6 is 27.3 Å². The Morgan fingerprint density at radius 2 is 2.00 bits per heavy atom. The van der Waals surface area contributed by atoms with Crippen LogP contribution in [0.3, 0.4) is 0 Å². The van der Waals surface area contributed by atoms with Crippen LogP contribution in [0.1, 0.15) is 18.4 Å². The maximum absolute atomic E-state index is 11.3. The number of hydrogen-bond acceptors (Lipinski definition) is 3. The van der Waals surface area contributed by atoms with E-state index < -0.39 is 0 Å². The van der Waals surface area contributed by atoms with Crippen molar-refractivity contribution in [1.82, 2.24) is 4.90 Å². The van der Waals surface area contributed by atoms with Gasteiger partial charge in [-0.05, 0) is 32.9 Å². The molecule has 2 heterocycles. The molecular formula is C9H8BrNO2S. The first-order chi connectivity index (χ1) is 6.68. The maximum Gasteiger partial charge on any atom is 0.229 e. The van der Waals surface area contributed by atoms with Gasteiger partial charge in [0.15, 0.2) is 0 Å². The van der Waals surface area contributed by atoms with E-state index in [4.69, 9.17) is 0 Å². The second-order valence-electron chi connectivity index (χ2n) is 3.09. The highest BCUT2D eigenvalue weighted by molar-refractivity contribution is 9.11. The lowest BCUT2D eigenvalue weighted by atomic mass is 10.3. The normalized spacial score (nSPS) is 16.8. The number of amides is 2. The summed E-state index contributed by atoms with van der Waals surface area (Å²) >= 11 is 4.94. The molecule has 1 saturated heterocycles. The number of carbonyl (C=O) groups is 2. The summed E-state index contributed by atoms with van der Waals surface area (Å²) in [4.78, 5) is 24.0. The molecule has 0 aromatic carbocycles. The lowest BCUT2D eigenvalue weighted by molar-refractivity contribution is -0.139. The first kappa shape index (κ1) is 9.86.